The number of hydrogen-bond donors (Lipinski definition) is 2. The third-order valence-electron chi connectivity index (χ3n) is 5.98. The van der Waals surface area contributed by atoms with Gasteiger partial charge in [0.15, 0.2) is 5.13 Å². The van der Waals surface area contributed by atoms with Crippen LogP contribution in [0.4, 0.5) is 9.93 Å². The highest BCUT2D eigenvalue weighted by Crippen LogP contribution is 2.34. The second kappa shape index (κ2) is 11.3. The van der Waals surface area contributed by atoms with Crippen molar-refractivity contribution in [2.45, 2.75) is 99.3 Å². The summed E-state index contributed by atoms with van der Waals surface area (Å²) in [6, 6.07) is 0.456. The average Bonchev–Trinajstić information content (AvgIpc) is 3.17. The van der Waals surface area contributed by atoms with E-state index in [0.29, 0.717) is 11.2 Å². The number of carboxylic acid groups (broad SMARTS) is 1. The summed E-state index contributed by atoms with van der Waals surface area (Å²) in [7, 11) is 0. The van der Waals surface area contributed by atoms with Gasteiger partial charge in [0.25, 0.3) is 0 Å². The summed E-state index contributed by atoms with van der Waals surface area (Å²) in [6.07, 6.45) is 11.6. The average molecular weight is 456 g/mol. The minimum absolute atomic E-state index is 0.0704. The molecule has 2 aliphatic rings. The van der Waals surface area contributed by atoms with E-state index in [2.05, 4.69) is 15.2 Å². The normalized spacial score (nSPS) is 23.7. The summed E-state index contributed by atoms with van der Waals surface area (Å²) in [6.45, 7) is 4.42. The lowest BCUT2D eigenvalue weighted by Gasteiger charge is -2.42. The van der Waals surface area contributed by atoms with Gasteiger partial charge in [0, 0.05) is 18.7 Å². The number of carboxylic acids is 1. The molecule has 0 spiro atoms. The number of anilines is 1. The van der Waals surface area contributed by atoms with Gasteiger partial charge in [-0.3, -0.25) is 10.1 Å². The molecule has 2 N–H and O–H groups in total. The number of carbonyl (C=O) groups is 2. The van der Waals surface area contributed by atoms with Gasteiger partial charge in [-0.15, -0.1) is 0 Å². The minimum Gasteiger partial charge on any atom is -0.480 e. The summed E-state index contributed by atoms with van der Waals surface area (Å²) >= 11 is 2.58. The van der Waals surface area contributed by atoms with Gasteiger partial charge in [0.05, 0.1) is 16.5 Å². The molecule has 1 aromatic heterocycles. The van der Waals surface area contributed by atoms with Crippen molar-refractivity contribution in [2.75, 3.05) is 11.9 Å². The Hall–Kier alpha value is -1.32. The molecule has 1 atom stereocenters. The highest BCUT2D eigenvalue weighted by Gasteiger charge is 2.34. The van der Waals surface area contributed by atoms with Gasteiger partial charge >= 0.3 is 12.0 Å². The van der Waals surface area contributed by atoms with Crippen molar-refractivity contribution in [3.8, 4) is 0 Å². The second-order valence-corrected chi connectivity index (χ2v) is 10.8. The van der Waals surface area contributed by atoms with Gasteiger partial charge in [-0.2, -0.15) is 0 Å². The first-order valence-corrected chi connectivity index (χ1v) is 12.7. The summed E-state index contributed by atoms with van der Waals surface area (Å²) in [5, 5.41) is 12.1. The number of rotatable bonds is 8. The highest BCUT2D eigenvalue weighted by molar-refractivity contribution is 8.02. The summed E-state index contributed by atoms with van der Waals surface area (Å²) in [4.78, 5) is 30.8. The predicted molar refractivity (Wildman–Crippen MR) is 120 cm³/mol. The third-order valence-corrected chi connectivity index (χ3v) is 8.12. The van der Waals surface area contributed by atoms with Crippen molar-refractivity contribution >= 4 is 40.2 Å². The van der Waals surface area contributed by atoms with Crippen LogP contribution in [0, 0.1) is 0 Å². The number of carbonyl (C=O) groups excluding carboxylic acids is 1. The van der Waals surface area contributed by atoms with Crippen molar-refractivity contribution < 1.29 is 19.4 Å². The summed E-state index contributed by atoms with van der Waals surface area (Å²) in [5.74, 6) is -0.856. The molecule has 9 heteroatoms. The Kier molecular flexibility index (Phi) is 8.83. The molecule has 0 saturated heterocycles. The van der Waals surface area contributed by atoms with Crippen LogP contribution in [0.2, 0.25) is 0 Å². The number of urea groups is 1. The summed E-state index contributed by atoms with van der Waals surface area (Å²) < 4.78 is 6.59. The smallest absolute Gasteiger partial charge is 0.324 e. The SMILES string of the molecule is CCOC1CCC(N(C(=O)Nc2ncc(SC(C)C(=O)O)s2)C2CCCCC2)CC1. The lowest BCUT2D eigenvalue weighted by atomic mass is 9.88. The largest absolute Gasteiger partial charge is 0.480 e. The molecule has 30 heavy (non-hydrogen) atoms. The van der Waals surface area contributed by atoms with Crippen LogP contribution in [0.3, 0.4) is 0 Å². The van der Waals surface area contributed by atoms with Crippen molar-refractivity contribution in [1.29, 1.82) is 0 Å². The fraction of sp³-hybridized carbons (Fsp3) is 0.762. The van der Waals surface area contributed by atoms with Crippen LogP contribution < -0.4 is 5.32 Å². The van der Waals surface area contributed by atoms with Gasteiger partial charge in [0.1, 0.15) is 5.25 Å². The topological polar surface area (TPSA) is 91.8 Å². The first-order chi connectivity index (χ1) is 14.5. The molecular formula is C21H33N3O4S2. The highest BCUT2D eigenvalue weighted by atomic mass is 32.2. The standard InChI is InChI=1S/C21H33N3O4S2/c1-3-28-17-11-9-16(10-12-17)24(15-7-5-4-6-8-15)21(27)23-20-22-13-18(30-20)29-14(2)19(25)26/h13-17H,3-12H2,1-2H3,(H,25,26)(H,22,23,27). The van der Waals surface area contributed by atoms with Crippen LogP contribution in [-0.2, 0) is 9.53 Å². The molecule has 0 aromatic carbocycles. The number of aliphatic carboxylic acids is 1. The maximum absolute atomic E-state index is 13.3. The van der Waals surface area contributed by atoms with E-state index in [9.17, 15) is 9.59 Å². The fourth-order valence-corrected chi connectivity index (χ4v) is 6.43. The Morgan fingerprint density at radius 2 is 1.90 bits per heavy atom. The molecule has 2 aliphatic carbocycles. The van der Waals surface area contributed by atoms with Crippen molar-refractivity contribution in [1.82, 2.24) is 9.88 Å². The van der Waals surface area contributed by atoms with Gasteiger partial charge in [-0.05, 0) is 52.4 Å². The van der Waals surface area contributed by atoms with Crippen molar-refractivity contribution in [3.05, 3.63) is 6.20 Å². The number of thioether (sulfide) groups is 1. The van der Waals surface area contributed by atoms with Crippen LogP contribution >= 0.6 is 23.1 Å². The lowest BCUT2D eigenvalue weighted by Crippen LogP contribution is -2.51. The van der Waals surface area contributed by atoms with Crippen LogP contribution in [0.25, 0.3) is 0 Å². The molecule has 0 aliphatic heterocycles. The second-order valence-electron chi connectivity index (χ2n) is 8.10. The molecule has 2 fully saturated rings. The number of nitrogens with one attached hydrogen (secondary N) is 1. The van der Waals surface area contributed by atoms with Crippen molar-refractivity contribution in [3.63, 3.8) is 0 Å². The zero-order valence-electron chi connectivity index (χ0n) is 17.8. The zero-order valence-corrected chi connectivity index (χ0v) is 19.5. The monoisotopic (exact) mass is 455 g/mol. The van der Waals surface area contributed by atoms with Gasteiger partial charge < -0.3 is 14.7 Å². The van der Waals surface area contributed by atoms with Crippen LogP contribution in [-0.4, -0.2) is 57.0 Å². The Morgan fingerprint density at radius 1 is 1.23 bits per heavy atom. The van der Waals surface area contributed by atoms with E-state index in [1.54, 1.807) is 13.1 Å². The number of aromatic nitrogens is 1. The van der Waals surface area contributed by atoms with Gasteiger partial charge in [0.2, 0.25) is 0 Å². The molecule has 0 bridgehead atoms. The molecule has 2 amide bonds. The van der Waals surface area contributed by atoms with Gasteiger partial charge in [-0.1, -0.05) is 42.4 Å². The maximum atomic E-state index is 13.3. The fourth-order valence-electron chi connectivity index (χ4n) is 4.47. The lowest BCUT2D eigenvalue weighted by molar-refractivity contribution is -0.136. The number of thiazole rings is 1. The van der Waals surface area contributed by atoms with Gasteiger partial charge in [-0.25, -0.2) is 9.78 Å². The predicted octanol–water partition coefficient (Wildman–Crippen LogP) is 5.22. The van der Waals surface area contributed by atoms with E-state index in [-0.39, 0.29) is 18.1 Å². The van der Waals surface area contributed by atoms with Crippen LogP contribution in [0.1, 0.15) is 71.6 Å². The Balaban J connectivity index is 1.65. The van der Waals surface area contributed by atoms with E-state index in [4.69, 9.17) is 9.84 Å². The minimum atomic E-state index is -0.856. The molecule has 0 radical (unpaired) electrons. The molecule has 1 heterocycles. The summed E-state index contributed by atoms with van der Waals surface area (Å²) in [5.41, 5.74) is 0. The Labute approximate surface area is 187 Å². The quantitative estimate of drug-likeness (QED) is 0.522. The van der Waals surface area contributed by atoms with Crippen LogP contribution in [0.15, 0.2) is 10.4 Å². The van der Waals surface area contributed by atoms with Crippen LogP contribution in [0.5, 0.6) is 0 Å². The van der Waals surface area contributed by atoms with E-state index < -0.39 is 11.2 Å². The zero-order chi connectivity index (χ0) is 21.5. The molecule has 3 rings (SSSR count). The first-order valence-electron chi connectivity index (χ1n) is 11.0. The molecular weight excluding hydrogens is 422 g/mol. The number of amides is 2. The molecule has 168 valence electrons. The van der Waals surface area contributed by atoms with E-state index in [1.807, 2.05) is 6.92 Å². The number of nitrogens with zero attached hydrogens (tertiary/aromatic N) is 2. The van der Waals surface area contributed by atoms with E-state index in [0.717, 1.165) is 49.3 Å². The molecule has 1 unspecified atom stereocenters. The number of ether oxygens (including phenoxy) is 1. The molecule has 2 saturated carbocycles. The Bertz CT molecular complexity index is 700. The van der Waals surface area contributed by atoms with Crippen molar-refractivity contribution in [2.24, 2.45) is 0 Å². The molecule has 1 aromatic rings. The van der Waals surface area contributed by atoms with E-state index >= 15 is 0 Å². The third kappa shape index (κ3) is 6.34. The van der Waals surface area contributed by atoms with E-state index in [1.165, 1.54) is 42.4 Å². The first kappa shape index (κ1) is 23.3. The number of hydrogen-bond acceptors (Lipinski definition) is 6. The maximum Gasteiger partial charge on any atom is 0.324 e. The Morgan fingerprint density at radius 3 is 2.53 bits per heavy atom. The molecule has 7 nitrogen and oxygen atoms in total.